The van der Waals surface area contributed by atoms with Crippen LogP contribution < -0.4 is 15.0 Å². The van der Waals surface area contributed by atoms with E-state index in [1.54, 1.807) is 6.92 Å². The number of aryl methyl sites for hydroxylation is 1. The molecule has 0 saturated heterocycles. The number of nitrogens with one attached hydrogen (secondary N) is 1. The van der Waals surface area contributed by atoms with Crippen molar-refractivity contribution in [1.29, 1.82) is 5.26 Å². The fourth-order valence-electron chi connectivity index (χ4n) is 2.87. The summed E-state index contributed by atoms with van der Waals surface area (Å²) in [6, 6.07) is 6.26. The monoisotopic (exact) mass is 470 g/mol. The summed E-state index contributed by atoms with van der Waals surface area (Å²) in [5, 5.41) is 11.3. The van der Waals surface area contributed by atoms with Crippen LogP contribution in [0.1, 0.15) is 21.7 Å². The zero-order valence-corrected chi connectivity index (χ0v) is 18.0. The molecule has 0 fully saturated rings. The average molecular weight is 470 g/mol. The number of carbonyl (C=O) groups excluding carboxylic acids is 2. The summed E-state index contributed by atoms with van der Waals surface area (Å²) in [6.07, 6.45) is 2.52. The number of rotatable bonds is 7. The Hall–Kier alpha value is -4.53. The summed E-state index contributed by atoms with van der Waals surface area (Å²) in [4.78, 5) is 38.0. The van der Waals surface area contributed by atoms with Crippen LogP contribution in [0, 0.1) is 29.9 Å². The van der Waals surface area contributed by atoms with Crippen LogP contribution in [-0.2, 0) is 4.79 Å². The van der Waals surface area contributed by atoms with Crippen molar-refractivity contribution in [2.45, 2.75) is 6.92 Å². The molecule has 0 spiro atoms. The second-order valence-electron chi connectivity index (χ2n) is 6.90. The molecule has 0 aliphatic carbocycles. The SMILES string of the molecule is Cc1cnc(C(=O)NCC(=O)N(C)c2ncc(C#N)cc2OCF)nc1-c1ccc(F)c(F)c1. The minimum atomic E-state index is -1.20. The summed E-state index contributed by atoms with van der Waals surface area (Å²) in [5.74, 6) is -3.99. The number of ether oxygens (including phenoxy) is 1. The molecule has 0 saturated carbocycles. The van der Waals surface area contributed by atoms with Crippen LogP contribution in [0.4, 0.5) is 19.0 Å². The van der Waals surface area contributed by atoms with E-state index in [4.69, 9.17) is 10.00 Å². The molecular formula is C22H17F3N6O3. The normalized spacial score (nSPS) is 10.4. The zero-order valence-electron chi connectivity index (χ0n) is 18.0. The number of likely N-dealkylation sites (N-methyl/N-ethyl adjacent to an activating group) is 1. The number of pyridine rings is 1. The van der Waals surface area contributed by atoms with Crippen LogP contribution in [-0.4, -0.2) is 47.2 Å². The van der Waals surface area contributed by atoms with E-state index in [1.807, 2.05) is 6.07 Å². The molecule has 9 nitrogen and oxygen atoms in total. The molecule has 0 aliphatic heterocycles. The Labute approximate surface area is 191 Å². The largest absolute Gasteiger partial charge is 0.459 e. The Bertz CT molecular complexity index is 1300. The van der Waals surface area contributed by atoms with E-state index in [0.717, 1.165) is 17.0 Å². The molecule has 2 heterocycles. The molecule has 3 rings (SSSR count). The van der Waals surface area contributed by atoms with Crippen molar-refractivity contribution in [3.05, 3.63) is 65.2 Å². The number of hydrogen-bond donors (Lipinski definition) is 1. The standard InChI is InChI=1S/C22H17F3N6O3/c1-12-8-27-20(30-19(12)14-3-4-15(24)16(25)6-14)22(33)29-10-18(32)31(2)21-17(34-11-23)5-13(7-26)9-28-21/h3-6,8-9H,10-11H2,1-2H3,(H,29,33). The summed E-state index contributed by atoms with van der Waals surface area (Å²) in [7, 11) is 1.33. The Morgan fingerprint density at radius 2 is 1.94 bits per heavy atom. The number of aromatic nitrogens is 3. The molecule has 0 unspecified atom stereocenters. The maximum absolute atomic E-state index is 13.6. The zero-order chi connectivity index (χ0) is 24.8. The number of nitriles is 1. The van der Waals surface area contributed by atoms with Gasteiger partial charge in [0.15, 0.2) is 23.2 Å². The second kappa shape index (κ2) is 10.4. The highest BCUT2D eigenvalue weighted by Crippen LogP contribution is 2.26. The number of benzene rings is 1. The lowest BCUT2D eigenvalue weighted by Crippen LogP contribution is -2.39. The molecule has 2 amide bonds. The predicted octanol–water partition coefficient (Wildman–Crippen LogP) is 2.70. The van der Waals surface area contributed by atoms with E-state index in [1.165, 1.54) is 31.6 Å². The Balaban J connectivity index is 1.74. The highest BCUT2D eigenvalue weighted by Gasteiger charge is 2.20. The number of hydrogen-bond acceptors (Lipinski definition) is 7. The Morgan fingerprint density at radius 1 is 1.18 bits per heavy atom. The van der Waals surface area contributed by atoms with Gasteiger partial charge in [0, 0.05) is 31.1 Å². The number of anilines is 1. The van der Waals surface area contributed by atoms with Crippen molar-refractivity contribution in [2.24, 2.45) is 0 Å². The molecule has 0 bridgehead atoms. The van der Waals surface area contributed by atoms with Gasteiger partial charge in [0.05, 0.1) is 17.8 Å². The van der Waals surface area contributed by atoms with Gasteiger partial charge in [-0.25, -0.2) is 28.1 Å². The molecule has 0 aliphatic rings. The summed E-state index contributed by atoms with van der Waals surface area (Å²) in [6.45, 7) is -0.0599. The van der Waals surface area contributed by atoms with Crippen molar-refractivity contribution in [3.8, 4) is 23.1 Å². The first-order chi connectivity index (χ1) is 16.2. The fraction of sp³-hybridized carbons (Fsp3) is 0.182. The van der Waals surface area contributed by atoms with Gasteiger partial charge in [0.1, 0.15) is 6.07 Å². The van der Waals surface area contributed by atoms with Gasteiger partial charge >= 0.3 is 0 Å². The minimum Gasteiger partial charge on any atom is -0.459 e. The van der Waals surface area contributed by atoms with E-state index in [9.17, 15) is 22.8 Å². The number of halogens is 3. The molecule has 34 heavy (non-hydrogen) atoms. The molecule has 174 valence electrons. The van der Waals surface area contributed by atoms with E-state index in [-0.39, 0.29) is 34.2 Å². The molecule has 1 N–H and O–H groups in total. The molecule has 1 aromatic carbocycles. The third kappa shape index (κ3) is 5.26. The minimum absolute atomic E-state index is 0.0527. The van der Waals surface area contributed by atoms with Crippen molar-refractivity contribution in [3.63, 3.8) is 0 Å². The van der Waals surface area contributed by atoms with Crippen LogP contribution in [0.5, 0.6) is 5.75 Å². The first-order valence-corrected chi connectivity index (χ1v) is 9.67. The van der Waals surface area contributed by atoms with Crippen LogP contribution in [0.25, 0.3) is 11.3 Å². The number of nitrogens with zero attached hydrogens (tertiary/aromatic N) is 5. The highest BCUT2D eigenvalue weighted by molar-refractivity contribution is 5.99. The third-order valence-corrected chi connectivity index (χ3v) is 4.63. The Kier molecular flexibility index (Phi) is 7.37. The number of carbonyl (C=O) groups is 2. The van der Waals surface area contributed by atoms with E-state index in [0.29, 0.717) is 5.56 Å². The van der Waals surface area contributed by atoms with Gasteiger partial charge in [-0.3, -0.25) is 14.5 Å². The molecule has 0 atom stereocenters. The van der Waals surface area contributed by atoms with Gasteiger partial charge in [0.25, 0.3) is 5.91 Å². The van der Waals surface area contributed by atoms with Crippen LogP contribution in [0.15, 0.2) is 36.7 Å². The van der Waals surface area contributed by atoms with Crippen molar-refractivity contribution >= 4 is 17.6 Å². The van der Waals surface area contributed by atoms with Crippen LogP contribution >= 0.6 is 0 Å². The van der Waals surface area contributed by atoms with Gasteiger partial charge < -0.3 is 10.1 Å². The molecule has 3 aromatic rings. The van der Waals surface area contributed by atoms with Crippen molar-refractivity contribution < 1.29 is 27.5 Å². The van der Waals surface area contributed by atoms with E-state index >= 15 is 0 Å². The average Bonchev–Trinajstić information content (AvgIpc) is 2.84. The van der Waals surface area contributed by atoms with Gasteiger partial charge in [-0.05, 0) is 30.7 Å². The molecule has 2 aromatic heterocycles. The second-order valence-corrected chi connectivity index (χ2v) is 6.90. The van der Waals surface area contributed by atoms with Crippen molar-refractivity contribution in [1.82, 2.24) is 20.3 Å². The Morgan fingerprint density at radius 3 is 2.62 bits per heavy atom. The third-order valence-electron chi connectivity index (χ3n) is 4.63. The smallest absolute Gasteiger partial charge is 0.289 e. The summed E-state index contributed by atoms with van der Waals surface area (Å²) in [5.41, 5.74) is 1.09. The van der Waals surface area contributed by atoms with Crippen LogP contribution in [0.3, 0.4) is 0 Å². The predicted molar refractivity (Wildman–Crippen MR) is 113 cm³/mol. The maximum atomic E-state index is 13.6. The van der Waals surface area contributed by atoms with E-state index < -0.39 is 36.9 Å². The summed E-state index contributed by atoms with van der Waals surface area (Å²) >= 11 is 0. The van der Waals surface area contributed by atoms with Gasteiger partial charge in [-0.1, -0.05) is 0 Å². The molecule has 12 heteroatoms. The maximum Gasteiger partial charge on any atom is 0.289 e. The first kappa shape index (κ1) is 24.1. The molecule has 0 radical (unpaired) electrons. The van der Waals surface area contributed by atoms with Crippen LogP contribution in [0.2, 0.25) is 0 Å². The first-order valence-electron chi connectivity index (χ1n) is 9.67. The van der Waals surface area contributed by atoms with Gasteiger partial charge in [0.2, 0.25) is 18.6 Å². The van der Waals surface area contributed by atoms with Gasteiger partial charge in [-0.15, -0.1) is 0 Å². The lowest BCUT2D eigenvalue weighted by Gasteiger charge is -2.19. The quantitative estimate of drug-likeness (QED) is 0.564. The number of alkyl halides is 1. The lowest BCUT2D eigenvalue weighted by molar-refractivity contribution is -0.117. The molecular weight excluding hydrogens is 453 g/mol. The number of amides is 2. The van der Waals surface area contributed by atoms with Gasteiger partial charge in [-0.2, -0.15) is 5.26 Å². The van der Waals surface area contributed by atoms with Crippen molar-refractivity contribution in [2.75, 3.05) is 25.4 Å². The summed E-state index contributed by atoms with van der Waals surface area (Å²) < 4.78 is 44.3. The highest BCUT2D eigenvalue weighted by atomic mass is 19.2. The topological polar surface area (TPSA) is 121 Å². The van der Waals surface area contributed by atoms with E-state index in [2.05, 4.69) is 20.3 Å². The lowest BCUT2D eigenvalue weighted by atomic mass is 10.1. The fourth-order valence-corrected chi connectivity index (χ4v) is 2.87.